The van der Waals surface area contributed by atoms with Gasteiger partial charge in [0.05, 0.1) is 35.5 Å². The maximum Gasteiger partial charge on any atom is 0.168 e. The molecule has 1 aromatic rings. The summed E-state index contributed by atoms with van der Waals surface area (Å²) >= 11 is 6.87. The highest BCUT2D eigenvalue weighted by Crippen LogP contribution is 2.57. The van der Waals surface area contributed by atoms with Crippen LogP contribution in [0.4, 0.5) is 0 Å². The Bertz CT molecular complexity index is 710. The molecule has 2 atom stereocenters. The van der Waals surface area contributed by atoms with Gasteiger partial charge >= 0.3 is 0 Å². The lowest BCUT2D eigenvalue weighted by molar-refractivity contribution is -0.197. The van der Waals surface area contributed by atoms with Crippen LogP contribution in [0.25, 0.3) is 0 Å². The van der Waals surface area contributed by atoms with Crippen LogP contribution in [0.1, 0.15) is 45.1 Å². The number of rotatable bonds is 4. The standard InChI is InChI=1S/C20H26ClNO3S/c1-15-4-6-16(7-5-15)26(23)17(21)19(18(2,3)14-22)8-10-20(11-9-19)24-12-13-25-20/h4-7,17H,8-13H2,1-3H3. The first-order chi connectivity index (χ1) is 12.3. The lowest BCUT2D eigenvalue weighted by atomic mass is 9.59. The first-order valence-corrected chi connectivity index (χ1v) is 10.7. The van der Waals surface area contributed by atoms with Gasteiger partial charge in [0.25, 0.3) is 0 Å². The minimum Gasteiger partial charge on any atom is -0.348 e. The highest BCUT2D eigenvalue weighted by atomic mass is 35.5. The molecule has 1 aromatic carbocycles. The van der Waals surface area contributed by atoms with Crippen LogP contribution in [0.15, 0.2) is 29.2 Å². The van der Waals surface area contributed by atoms with Crippen molar-refractivity contribution >= 4 is 22.4 Å². The Balaban J connectivity index is 1.90. The Kier molecular flexibility index (Phi) is 5.52. The topological polar surface area (TPSA) is 59.3 Å². The fourth-order valence-corrected chi connectivity index (χ4v) is 6.49. The van der Waals surface area contributed by atoms with Gasteiger partial charge in [-0.15, -0.1) is 11.6 Å². The summed E-state index contributed by atoms with van der Waals surface area (Å²) in [5.74, 6) is -0.545. The second kappa shape index (κ2) is 7.24. The van der Waals surface area contributed by atoms with Crippen LogP contribution in [-0.4, -0.2) is 27.9 Å². The van der Waals surface area contributed by atoms with Crippen molar-refractivity contribution in [3.8, 4) is 6.07 Å². The zero-order chi connectivity index (χ0) is 19.0. The molecule has 1 aliphatic carbocycles. The number of ether oxygens (including phenoxy) is 2. The Labute approximate surface area is 163 Å². The highest BCUT2D eigenvalue weighted by Gasteiger charge is 2.57. The molecule has 26 heavy (non-hydrogen) atoms. The SMILES string of the molecule is Cc1ccc(S(=O)C(Cl)C2(C(C)(C)C#N)CCC3(CC2)OCCO3)cc1. The van der Waals surface area contributed by atoms with Crippen LogP contribution in [0.5, 0.6) is 0 Å². The van der Waals surface area contributed by atoms with Crippen LogP contribution in [-0.2, 0) is 20.3 Å². The van der Waals surface area contributed by atoms with Crippen molar-refractivity contribution in [1.29, 1.82) is 5.26 Å². The van der Waals surface area contributed by atoms with E-state index in [0.717, 1.165) is 5.56 Å². The summed E-state index contributed by atoms with van der Waals surface area (Å²) in [7, 11) is -1.40. The van der Waals surface area contributed by atoms with E-state index in [-0.39, 0.29) is 0 Å². The number of aryl methyl sites for hydroxylation is 1. The number of nitrogens with zero attached hydrogens (tertiary/aromatic N) is 1. The van der Waals surface area contributed by atoms with Crippen LogP contribution in [0, 0.1) is 29.1 Å². The molecule has 3 rings (SSSR count). The van der Waals surface area contributed by atoms with Gasteiger partial charge in [-0.2, -0.15) is 5.26 Å². The normalized spacial score (nSPS) is 24.1. The van der Waals surface area contributed by atoms with Crippen molar-refractivity contribution in [1.82, 2.24) is 0 Å². The van der Waals surface area contributed by atoms with E-state index in [1.165, 1.54) is 0 Å². The van der Waals surface area contributed by atoms with E-state index in [2.05, 4.69) is 6.07 Å². The highest BCUT2D eigenvalue weighted by molar-refractivity contribution is 7.87. The lowest BCUT2D eigenvalue weighted by Crippen LogP contribution is -2.52. The van der Waals surface area contributed by atoms with Crippen molar-refractivity contribution in [2.45, 2.75) is 61.8 Å². The third-order valence-corrected chi connectivity index (χ3v) is 8.58. The molecule has 0 amide bonds. The molecule has 0 aromatic heterocycles. The maximum absolute atomic E-state index is 13.2. The molecule has 2 fully saturated rings. The molecule has 1 spiro atoms. The summed E-state index contributed by atoms with van der Waals surface area (Å²) in [5.41, 5.74) is -0.168. The van der Waals surface area contributed by atoms with Gasteiger partial charge < -0.3 is 9.47 Å². The first kappa shape index (κ1) is 19.8. The van der Waals surface area contributed by atoms with E-state index >= 15 is 0 Å². The Morgan fingerprint density at radius 2 is 1.69 bits per heavy atom. The Hall–Kier alpha value is -0.930. The molecule has 0 N–H and O–H groups in total. The average molecular weight is 396 g/mol. The second-order valence-corrected chi connectivity index (χ2v) is 10.2. The zero-order valence-corrected chi connectivity index (χ0v) is 17.2. The van der Waals surface area contributed by atoms with Crippen LogP contribution in [0.2, 0.25) is 0 Å². The molecular weight excluding hydrogens is 370 g/mol. The third kappa shape index (κ3) is 3.33. The number of benzene rings is 1. The largest absolute Gasteiger partial charge is 0.348 e. The summed E-state index contributed by atoms with van der Waals surface area (Å²) in [5, 5.41) is 9.84. The monoisotopic (exact) mass is 395 g/mol. The van der Waals surface area contributed by atoms with Crippen molar-refractivity contribution in [3.63, 3.8) is 0 Å². The van der Waals surface area contributed by atoms with Gasteiger partial charge in [0.15, 0.2) is 5.79 Å². The van der Waals surface area contributed by atoms with E-state index < -0.39 is 32.1 Å². The fraction of sp³-hybridized carbons (Fsp3) is 0.650. The molecule has 0 radical (unpaired) electrons. The summed E-state index contributed by atoms with van der Waals surface area (Å²) < 4.78 is 24.3. The molecule has 4 nitrogen and oxygen atoms in total. The summed E-state index contributed by atoms with van der Waals surface area (Å²) in [6, 6.07) is 10.0. The van der Waals surface area contributed by atoms with Gasteiger partial charge in [-0.3, -0.25) is 4.21 Å². The number of hydrogen-bond acceptors (Lipinski definition) is 4. The van der Waals surface area contributed by atoms with Gasteiger partial charge in [-0.05, 0) is 45.7 Å². The van der Waals surface area contributed by atoms with Crippen molar-refractivity contribution < 1.29 is 13.7 Å². The van der Waals surface area contributed by atoms with E-state index in [1.807, 2.05) is 45.0 Å². The minimum atomic E-state index is -1.40. The van der Waals surface area contributed by atoms with E-state index in [9.17, 15) is 9.47 Å². The minimum absolute atomic E-state index is 0.545. The molecule has 1 saturated heterocycles. The summed E-state index contributed by atoms with van der Waals surface area (Å²) in [4.78, 5) is 0.706. The van der Waals surface area contributed by atoms with Crippen molar-refractivity contribution in [3.05, 3.63) is 29.8 Å². The number of hydrogen-bond donors (Lipinski definition) is 0. The smallest absolute Gasteiger partial charge is 0.168 e. The molecule has 142 valence electrons. The van der Waals surface area contributed by atoms with Gasteiger partial charge in [0, 0.05) is 23.2 Å². The Morgan fingerprint density at radius 3 is 2.19 bits per heavy atom. The van der Waals surface area contributed by atoms with Crippen LogP contribution >= 0.6 is 11.6 Å². The van der Waals surface area contributed by atoms with E-state index in [4.69, 9.17) is 21.1 Å². The number of alkyl halides is 1. The van der Waals surface area contributed by atoms with Gasteiger partial charge in [-0.1, -0.05) is 17.7 Å². The summed E-state index contributed by atoms with van der Waals surface area (Å²) in [6.45, 7) is 7.02. The molecule has 1 aliphatic heterocycles. The molecular formula is C20H26ClNO3S. The summed E-state index contributed by atoms with van der Waals surface area (Å²) in [6.07, 6.45) is 2.65. The molecule has 1 heterocycles. The molecule has 2 unspecified atom stereocenters. The molecule has 6 heteroatoms. The molecule has 1 saturated carbocycles. The van der Waals surface area contributed by atoms with E-state index in [0.29, 0.717) is 43.8 Å². The van der Waals surface area contributed by atoms with Crippen molar-refractivity contribution in [2.75, 3.05) is 13.2 Å². The number of halogens is 1. The molecule has 0 bridgehead atoms. The maximum atomic E-state index is 13.2. The molecule has 2 aliphatic rings. The van der Waals surface area contributed by atoms with Gasteiger partial charge in [0.1, 0.15) is 4.71 Å². The predicted octanol–water partition coefficient (Wildman–Crippen LogP) is 4.52. The lowest BCUT2D eigenvalue weighted by Gasteiger charge is -2.51. The van der Waals surface area contributed by atoms with Crippen LogP contribution < -0.4 is 0 Å². The average Bonchev–Trinajstić information content (AvgIpc) is 3.10. The predicted molar refractivity (Wildman–Crippen MR) is 102 cm³/mol. The van der Waals surface area contributed by atoms with Gasteiger partial charge in [-0.25, -0.2) is 0 Å². The Morgan fingerprint density at radius 1 is 1.15 bits per heavy atom. The van der Waals surface area contributed by atoms with Crippen LogP contribution in [0.3, 0.4) is 0 Å². The quantitative estimate of drug-likeness (QED) is 0.703. The van der Waals surface area contributed by atoms with E-state index in [1.54, 1.807) is 0 Å². The van der Waals surface area contributed by atoms with Gasteiger partial charge in [0.2, 0.25) is 0 Å². The fourth-order valence-electron chi connectivity index (χ4n) is 4.11. The third-order valence-electron chi connectivity index (χ3n) is 6.12. The number of nitriles is 1. The first-order valence-electron chi connectivity index (χ1n) is 9.06. The zero-order valence-electron chi connectivity index (χ0n) is 15.6. The second-order valence-electron chi connectivity index (χ2n) is 7.93. The van der Waals surface area contributed by atoms with Crippen molar-refractivity contribution in [2.24, 2.45) is 10.8 Å².